The third-order valence-corrected chi connectivity index (χ3v) is 3.59. The molecule has 0 aliphatic heterocycles. The fourth-order valence-electron chi connectivity index (χ4n) is 1.79. The number of aromatic nitrogens is 1. The lowest BCUT2D eigenvalue weighted by atomic mass is 9.96. The van der Waals surface area contributed by atoms with E-state index in [1.165, 1.54) is 12.1 Å². The first-order valence-corrected chi connectivity index (χ1v) is 6.28. The van der Waals surface area contributed by atoms with Gasteiger partial charge in [-0.25, -0.2) is 9.37 Å². The van der Waals surface area contributed by atoms with Crippen LogP contribution >= 0.6 is 11.3 Å². The number of benzene rings is 1. The van der Waals surface area contributed by atoms with Crippen molar-refractivity contribution >= 4 is 11.3 Å². The Hall–Kier alpha value is -1.26. The molecule has 0 bridgehead atoms. The first-order valence-electron chi connectivity index (χ1n) is 5.46. The van der Waals surface area contributed by atoms with Crippen LogP contribution in [-0.4, -0.2) is 16.7 Å². The molecule has 1 unspecified atom stereocenters. The van der Waals surface area contributed by atoms with Crippen LogP contribution in [0.25, 0.3) is 0 Å². The van der Waals surface area contributed by atoms with Gasteiger partial charge in [-0.15, -0.1) is 11.3 Å². The summed E-state index contributed by atoms with van der Waals surface area (Å²) >= 11 is 1.61. The van der Waals surface area contributed by atoms with Crippen LogP contribution in [0, 0.1) is 12.7 Å². The van der Waals surface area contributed by atoms with Crippen molar-refractivity contribution in [1.29, 1.82) is 0 Å². The maximum Gasteiger partial charge on any atom is 0.123 e. The number of thiazole rings is 1. The zero-order valence-electron chi connectivity index (χ0n) is 9.56. The summed E-state index contributed by atoms with van der Waals surface area (Å²) < 4.78 is 13.1. The second-order valence-electron chi connectivity index (χ2n) is 3.98. The van der Waals surface area contributed by atoms with E-state index in [2.05, 4.69) is 4.98 Å². The molecule has 0 amide bonds. The fraction of sp³-hybridized carbons (Fsp3) is 0.308. The van der Waals surface area contributed by atoms with Crippen molar-refractivity contribution < 1.29 is 9.50 Å². The van der Waals surface area contributed by atoms with Gasteiger partial charge >= 0.3 is 0 Å². The normalized spacial score (nSPS) is 12.6. The highest BCUT2D eigenvalue weighted by molar-refractivity contribution is 7.11. The van der Waals surface area contributed by atoms with Crippen molar-refractivity contribution in [3.63, 3.8) is 0 Å². The monoisotopic (exact) mass is 251 g/mol. The summed E-state index contributed by atoms with van der Waals surface area (Å²) in [7, 11) is 0. The summed E-state index contributed by atoms with van der Waals surface area (Å²) in [5.74, 6) is -0.327. The molecule has 1 aromatic heterocycles. The van der Waals surface area contributed by atoms with Gasteiger partial charge in [-0.05, 0) is 31.0 Å². The largest absolute Gasteiger partial charge is 0.396 e. The number of hydrogen-bond donors (Lipinski definition) is 1. The highest BCUT2D eigenvalue weighted by Crippen LogP contribution is 2.24. The Morgan fingerprint density at radius 2 is 2.29 bits per heavy atom. The van der Waals surface area contributed by atoms with E-state index in [0.29, 0.717) is 6.42 Å². The zero-order chi connectivity index (χ0) is 12.3. The molecule has 0 radical (unpaired) electrons. The topological polar surface area (TPSA) is 33.1 Å². The van der Waals surface area contributed by atoms with Crippen molar-refractivity contribution in [2.45, 2.75) is 19.3 Å². The SMILES string of the molecule is Cc1ncc(CC(CO)c2cccc(F)c2)s1. The highest BCUT2D eigenvalue weighted by Gasteiger charge is 2.13. The third kappa shape index (κ3) is 3.11. The molecular weight excluding hydrogens is 237 g/mol. The van der Waals surface area contributed by atoms with E-state index in [4.69, 9.17) is 0 Å². The van der Waals surface area contributed by atoms with Gasteiger partial charge in [0.15, 0.2) is 0 Å². The molecule has 0 spiro atoms. The van der Waals surface area contributed by atoms with Gasteiger partial charge in [-0.3, -0.25) is 0 Å². The predicted octanol–water partition coefficient (Wildman–Crippen LogP) is 2.91. The molecule has 2 rings (SSSR count). The lowest BCUT2D eigenvalue weighted by molar-refractivity contribution is 0.264. The quantitative estimate of drug-likeness (QED) is 0.906. The van der Waals surface area contributed by atoms with Crippen LogP contribution in [-0.2, 0) is 6.42 Å². The van der Waals surface area contributed by atoms with Crippen LogP contribution in [0.5, 0.6) is 0 Å². The number of aliphatic hydroxyl groups is 1. The van der Waals surface area contributed by atoms with Gasteiger partial charge in [-0.2, -0.15) is 0 Å². The van der Waals surface area contributed by atoms with E-state index in [1.807, 2.05) is 19.2 Å². The number of nitrogens with zero attached hydrogens (tertiary/aromatic N) is 1. The minimum Gasteiger partial charge on any atom is -0.396 e. The van der Waals surface area contributed by atoms with Crippen molar-refractivity contribution in [1.82, 2.24) is 4.98 Å². The zero-order valence-corrected chi connectivity index (χ0v) is 10.4. The first-order chi connectivity index (χ1) is 8.19. The molecule has 1 N–H and O–H groups in total. The van der Waals surface area contributed by atoms with Gasteiger partial charge in [0, 0.05) is 17.0 Å². The van der Waals surface area contributed by atoms with Crippen LogP contribution in [0.2, 0.25) is 0 Å². The minimum atomic E-state index is -0.263. The average Bonchev–Trinajstić information content (AvgIpc) is 2.72. The number of halogens is 1. The van der Waals surface area contributed by atoms with Crippen LogP contribution in [0.15, 0.2) is 30.5 Å². The van der Waals surface area contributed by atoms with Crippen molar-refractivity contribution in [2.75, 3.05) is 6.61 Å². The lowest BCUT2D eigenvalue weighted by Gasteiger charge is -2.13. The van der Waals surface area contributed by atoms with Crippen LogP contribution in [0.1, 0.15) is 21.4 Å². The average molecular weight is 251 g/mol. The fourth-order valence-corrected chi connectivity index (χ4v) is 2.67. The molecule has 4 heteroatoms. The molecular formula is C13H14FNOS. The van der Waals surface area contributed by atoms with Gasteiger partial charge in [0.25, 0.3) is 0 Å². The molecule has 1 aromatic carbocycles. The van der Waals surface area contributed by atoms with Crippen molar-refractivity contribution in [3.8, 4) is 0 Å². The molecule has 2 nitrogen and oxygen atoms in total. The van der Waals surface area contributed by atoms with Gasteiger partial charge in [0.2, 0.25) is 0 Å². The number of rotatable bonds is 4. The summed E-state index contributed by atoms with van der Waals surface area (Å²) in [6.07, 6.45) is 2.52. The minimum absolute atomic E-state index is 0.0143. The number of hydrogen-bond acceptors (Lipinski definition) is 3. The lowest BCUT2D eigenvalue weighted by Crippen LogP contribution is -2.07. The highest BCUT2D eigenvalue weighted by atomic mass is 32.1. The van der Waals surface area contributed by atoms with Crippen molar-refractivity contribution in [2.24, 2.45) is 0 Å². The second kappa shape index (κ2) is 5.38. The van der Waals surface area contributed by atoms with E-state index < -0.39 is 0 Å². The molecule has 0 aliphatic carbocycles. The van der Waals surface area contributed by atoms with E-state index in [-0.39, 0.29) is 18.3 Å². The van der Waals surface area contributed by atoms with E-state index in [1.54, 1.807) is 17.4 Å². The Morgan fingerprint density at radius 3 is 2.88 bits per heavy atom. The maximum atomic E-state index is 13.1. The van der Waals surface area contributed by atoms with Gasteiger partial charge < -0.3 is 5.11 Å². The molecule has 0 fully saturated rings. The Balaban J connectivity index is 2.16. The Morgan fingerprint density at radius 1 is 1.47 bits per heavy atom. The first kappa shape index (κ1) is 12.2. The predicted molar refractivity (Wildman–Crippen MR) is 66.8 cm³/mol. The number of aryl methyl sites for hydroxylation is 1. The number of aliphatic hydroxyl groups excluding tert-OH is 1. The molecule has 1 heterocycles. The van der Waals surface area contributed by atoms with E-state index in [9.17, 15) is 9.50 Å². The molecule has 0 saturated heterocycles. The third-order valence-electron chi connectivity index (χ3n) is 2.66. The Kier molecular flexibility index (Phi) is 3.86. The molecule has 0 saturated carbocycles. The smallest absolute Gasteiger partial charge is 0.123 e. The Labute approximate surface area is 104 Å². The standard InChI is InChI=1S/C13H14FNOS/c1-9-15-7-13(17-9)6-11(8-16)10-3-2-4-12(14)5-10/h2-5,7,11,16H,6,8H2,1H3. The molecule has 2 aromatic rings. The Bertz CT molecular complexity index is 498. The van der Waals surface area contributed by atoms with Gasteiger partial charge in [-0.1, -0.05) is 12.1 Å². The summed E-state index contributed by atoms with van der Waals surface area (Å²) in [4.78, 5) is 5.29. The van der Waals surface area contributed by atoms with E-state index in [0.717, 1.165) is 15.4 Å². The summed E-state index contributed by atoms with van der Waals surface area (Å²) in [5, 5.41) is 10.4. The molecule has 90 valence electrons. The van der Waals surface area contributed by atoms with Crippen LogP contribution in [0.4, 0.5) is 4.39 Å². The van der Waals surface area contributed by atoms with Crippen LogP contribution < -0.4 is 0 Å². The van der Waals surface area contributed by atoms with E-state index >= 15 is 0 Å². The van der Waals surface area contributed by atoms with Crippen molar-refractivity contribution in [3.05, 3.63) is 51.7 Å². The summed E-state index contributed by atoms with van der Waals surface area (Å²) in [6, 6.07) is 6.41. The molecule has 0 aliphatic rings. The van der Waals surface area contributed by atoms with Gasteiger partial charge in [0.1, 0.15) is 5.82 Å². The maximum absolute atomic E-state index is 13.1. The van der Waals surface area contributed by atoms with Crippen LogP contribution in [0.3, 0.4) is 0 Å². The molecule has 1 atom stereocenters. The summed E-state index contributed by atoms with van der Waals surface area (Å²) in [5.41, 5.74) is 0.832. The van der Waals surface area contributed by atoms with Gasteiger partial charge in [0.05, 0.1) is 11.6 Å². The summed E-state index contributed by atoms with van der Waals surface area (Å²) in [6.45, 7) is 1.96. The molecule has 17 heavy (non-hydrogen) atoms. The second-order valence-corrected chi connectivity index (χ2v) is 5.30.